The molecule has 1 saturated heterocycles. The van der Waals surface area contributed by atoms with Crippen molar-refractivity contribution in [2.45, 2.75) is 88.1 Å². The lowest BCUT2D eigenvalue weighted by Crippen LogP contribution is -2.78. The van der Waals surface area contributed by atoms with Crippen molar-refractivity contribution in [3.8, 4) is 0 Å². The highest BCUT2D eigenvalue weighted by Gasteiger charge is 2.83. The van der Waals surface area contributed by atoms with Crippen LogP contribution in [0.3, 0.4) is 0 Å². The summed E-state index contributed by atoms with van der Waals surface area (Å²) < 4.78 is 57.9. The Hall–Kier alpha value is -3.41. The molecule has 2 heterocycles. The third kappa shape index (κ3) is 4.16. The average Bonchev–Trinajstić information content (AvgIpc) is 3.59. The van der Waals surface area contributed by atoms with E-state index < -0.39 is 52.1 Å². The summed E-state index contributed by atoms with van der Waals surface area (Å²) >= 11 is 0. The van der Waals surface area contributed by atoms with Crippen LogP contribution in [0.5, 0.6) is 0 Å². The molecule has 45 heavy (non-hydrogen) atoms. The Balaban J connectivity index is 1.23. The lowest BCUT2D eigenvalue weighted by Gasteiger charge is -2.65. The molecule has 3 fully saturated rings. The van der Waals surface area contributed by atoms with E-state index >= 15 is 0 Å². The smallest absolute Gasteiger partial charge is 0.416 e. The molecule has 0 amide bonds. The largest absolute Gasteiger partial charge is 0.458 e. The van der Waals surface area contributed by atoms with Gasteiger partial charge in [-0.05, 0) is 73.4 Å². The standard InChI is InChI=1S/C34H36F3NO7/c1-18(2)33-26(45-33)16-32(42)30(3)13-11-21-23(17-43-27(21)39)24(30)12-14-31(32,41)29(33)44-28(40)22-9-4-5-10-25(22)38-20-8-6-7-19(15-20)34(35,36)37/h4-10,15,18,24,26,29,38,41-42H,11-14,16-17H2,1-3H3. The molecule has 11 heteroatoms. The fraction of sp³-hybridized carbons (Fsp3) is 0.529. The minimum Gasteiger partial charge on any atom is -0.458 e. The number of hydrogen-bond donors (Lipinski definition) is 3. The second-order valence-corrected chi connectivity index (χ2v) is 13.7. The molecule has 0 bridgehead atoms. The van der Waals surface area contributed by atoms with Crippen LogP contribution in [0.15, 0.2) is 59.7 Å². The first-order valence-electron chi connectivity index (χ1n) is 15.4. The molecule has 3 aliphatic carbocycles. The number of benzene rings is 2. The quantitative estimate of drug-likeness (QED) is 0.286. The zero-order valence-electron chi connectivity index (χ0n) is 25.2. The van der Waals surface area contributed by atoms with Gasteiger partial charge < -0.3 is 29.7 Å². The van der Waals surface area contributed by atoms with Crippen LogP contribution >= 0.6 is 0 Å². The van der Waals surface area contributed by atoms with Crippen LogP contribution in [0, 0.1) is 17.3 Å². The van der Waals surface area contributed by atoms with Crippen molar-refractivity contribution in [1.29, 1.82) is 0 Å². The van der Waals surface area contributed by atoms with Gasteiger partial charge in [0.1, 0.15) is 23.4 Å². The maximum atomic E-state index is 14.0. The van der Waals surface area contributed by atoms with E-state index in [1.807, 2.05) is 20.8 Å². The van der Waals surface area contributed by atoms with Crippen LogP contribution in [0.4, 0.5) is 24.5 Å². The van der Waals surface area contributed by atoms with Gasteiger partial charge in [0.15, 0.2) is 6.10 Å². The molecule has 7 unspecified atom stereocenters. The number of ether oxygens (including phenoxy) is 3. The van der Waals surface area contributed by atoms with Gasteiger partial charge in [-0.25, -0.2) is 9.59 Å². The summed E-state index contributed by atoms with van der Waals surface area (Å²) in [6.45, 7) is 5.95. The number of cyclic esters (lactones) is 1. The number of alkyl halides is 3. The second-order valence-electron chi connectivity index (χ2n) is 13.7. The van der Waals surface area contributed by atoms with Crippen LogP contribution < -0.4 is 5.32 Å². The van der Waals surface area contributed by atoms with Gasteiger partial charge in [0.25, 0.3) is 0 Å². The fourth-order valence-corrected chi connectivity index (χ4v) is 8.93. The lowest BCUT2D eigenvalue weighted by atomic mass is 9.43. The van der Waals surface area contributed by atoms with Gasteiger partial charge in [0.2, 0.25) is 0 Å². The third-order valence-electron chi connectivity index (χ3n) is 11.4. The van der Waals surface area contributed by atoms with E-state index in [0.717, 1.165) is 17.7 Å². The Labute approximate surface area is 258 Å². The number of rotatable bonds is 5. The van der Waals surface area contributed by atoms with Crippen molar-refractivity contribution < 1.29 is 47.2 Å². The first-order valence-corrected chi connectivity index (χ1v) is 15.4. The minimum atomic E-state index is -4.54. The fourth-order valence-electron chi connectivity index (χ4n) is 8.93. The van der Waals surface area contributed by atoms with Crippen LogP contribution in [0.1, 0.15) is 68.8 Å². The van der Waals surface area contributed by atoms with Crippen molar-refractivity contribution in [2.75, 3.05) is 11.9 Å². The summed E-state index contributed by atoms with van der Waals surface area (Å²) in [5, 5.41) is 28.3. The van der Waals surface area contributed by atoms with Gasteiger partial charge >= 0.3 is 18.1 Å². The monoisotopic (exact) mass is 627 g/mol. The van der Waals surface area contributed by atoms with Crippen LogP contribution in [0.25, 0.3) is 0 Å². The number of para-hydroxylation sites is 1. The summed E-state index contributed by atoms with van der Waals surface area (Å²) in [7, 11) is 0. The summed E-state index contributed by atoms with van der Waals surface area (Å²) in [5.41, 5.74) is -4.37. The number of halogens is 3. The molecule has 5 aliphatic rings. The minimum absolute atomic E-state index is 0.0534. The molecular weight excluding hydrogens is 591 g/mol. The van der Waals surface area contributed by atoms with Gasteiger partial charge in [-0.1, -0.05) is 39.0 Å². The van der Waals surface area contributed by atoms with E-state index in [0.29, 0.717) is 24.8 Å². The van der Waals surface area contributed by atoms with Crippen molar-refractivity contribution in [2.24, 2.45) is 17.3 Å². The van der Waals surface area contributed by atoms with Gasteiger partial charge in [0.05, 0.1) is 22.9 Å². The summed E-state index contributed by atoms with van der Waals surface area (Å²) in [6.07, 6.45) is -4.71. The van der Waals surface area contributed by atoms with Gasteiger partial charge in [-0.15, -0.1) is 0 Å². The van der Waals surface area contributed by atoms with Crippen molar-refractivity contribution in [3.05, 3.63) is 70.8 Å². The van der Waals surface area contributed by atoms with Gasteiger partial charge in [-0.3, -0.25) is 0 Å². The Bertz CT molecular complexity index is 1620. The molecule has 240 valence electrons. The zero-order chi connectivity index (χ0) is 32.2. The first-order chi connectivity index (χ1) is 21.2. The Morgan fingerprint density at radius 2 is 1.87 bits per heavy atom. The Morgan fingerprint density at radius 3 is 2.60 bits per heavy atom. The molecule has 7 rings (SSSR count). The molecule has 0 aromatic heterocycles. The maximum Gasteiger partial charge on any atom is 0.416 e. The molecular formula is C34H36F3NO7. The average molecular weight is 628 g/mol. The van der Waals surface area contributed by atoms with Crippen LogP contribution in [-0.2, 0) is 25.2 Å². The highest BCUT2D eigenvalue weighted by atomic mass is 19.4. The maximum absolute atomic E-state index is 14.0. The third-order valence-corrected chi connectivity index (χ3v) is 11.4. The molecule has 8 nitrogen and oxygen atoms in total. The number of carbonyl (C=O) groups is 2. The molecule has 2 saturated carbocycles. The number of fused-ring (bicyclic) bond motifs is 5. The van der Waals surface area contributed by atoms with Crippen molar-refractivity contribution >= 4 is 23.3 Å². The molecule has 0 spiro atoms. The van der Waals surface area contributed by atoms with E-state index in [1.165, 1.54) is 18.2 Å². The van der Waals surface area contributed by atoms with E-state index in [9.17, 15) is 33.0 Å². The topological polar surface area (TPSA) is 118 Å². The highest BCUT2D eigenvalue weighted by molar-refractivity contribution is 5.97. The predicted octanol–water partition coefficient (Wildman–Crippen LogP) is 5.70. The van der Waals surface area contributed by atoms with Gasteiger partial charge in [0, 0.05) is 23.1 Å². The number of aliphatic hydroxyl groups is 2. The van der Waals surface area contributed by atoms with E-state index in [-0.39, 0.29) is 54.2 Å². The van der Waals surface area contributed by atoms with E-state index in [4.69, 9.17) is 14.2 Å². The second kappa shape index (κ2) is 9.80. The number of hydrogen-bond acceptors (Lipinski definition) is 8. The summed E-state index contributed by atoms with van der Waals surface area (Å²) in [5.74, 6) is -1.51. The molecule has 0 radical (unpaired) electrons. The van der Waals surface area contributed by atoms with Crippen molar-refractivity contribution in [3.63, 3.8) is 0 Å². The van der Waals surface area contributed by atoms with Crippen LogP contribution in [-0.4, -0.2) is 57.8 Å². The normalized spacial score (nSPS) is 36.8. The molecule has 3 N–H and O–H groups in total. The number of esters is 2. The van der Waals surface area contributed by atoms with E-state index in [1.54, 1.807) is 18.2 Å². The number of epoxide rings is 1. The summed E-state index contributed by atoms with van der Waals surface area (Å²) in [4.78, 5) is 26.4. The van der Waals surface area contributed by atoms with Crippen molar-refractivity contribution in [1.82, 2.24) is 0 Å². The Morgan fingerprint density at radius 1 is 1.11 bits per heavy atom. The zero-order valence-corrected chi connectivity index (χ0v) is 25.2. The highest BCUT2D eigenvalue weighted by Crippen LogP contribution is 2.70. The first kappa shape index (κ1) is 30.3. The van der Waals surface area contributed by atoms with E-state index in [2.05, 4.69) is 5.32 Å². The Kier molecular flexibility index (Phi) is 6.59. The number of nitrogens with one attached hydrogen (secondary N) is 1. The van der Waals surface area contributed by atoms with Crippen LogP contribution in [0.2, 0.25) is 0 Å². The number of anilines is 2. The molecule has 2 aliphatic heterocycles. The lowest BCUT2D eigenvalue weighted by molar-refractivity contribution is -0.302. The molecule has 7 atom stereocenters. The molecule has 2 aromatic carbocycles. The molecule has 2 aromatic rings. The predicted molar refractivity (Wildman–Crippen MR) is 155 cm³/mol. The number of carbonyl (C=O) groups excluding carboxylic acids is 2. The van der Waals surface area contributed by atoms with Gasteiger partial charge in [-0.2, -0.15) is 13.2 Å². The summed E-state index contributed by atoms with van der Waals surface area (Å²) in [6, 6.07) is 11.0. The SMILES string of the molecule is CC(C)C12OC1CC1(O)C3(C)CCC4=C(COC4=O)C3CCC1(O)C2OC(=O)c1ccccc1Nc1cccc(C(F)(F)F)c1.